The van der Waals surface area contributed by atoms with Gasteiger partial charge >= 0.3 is 5.97 Å². The molecule has 3 rings (SSSR count). The summed E-state index contributed by atoms with van der Waals surface area (Å²) in [5.41, 5.74) is 2.31. The van der Waals surface area contributed by atoms with Gasteiger partial charge in [0.25, 0.3) is 0 Å². The summed E-state index contributed by atoms with van der Waals surface area (Å²) >= 11 is 7.61. The molecule has 0 saturated heterocycles. The highest BCUT2D eigenvalue weighted by atomic mass is 35.5. The first kappa shape index (κ1) is 19.5. The summed E-state index contributed by atoms with van der Waals surface area (Å²) in [7, 11) is 1.59. The van der Waals surface area contributed by atoms with Crippen molar-refractivity contribution in [3.05, 3.63) is 70.6 Å². The zero-order valence-electron chi connectivity index (χ0n) is 14.6. The number of fused-ring (bicyclic) bond motifs is 1. The van der Waals surface area contributed by atoms with E-state index in [-0.39, 0.29) is 24.1 Å². The minimum atomic E-state index is -0.340. The molecule has 1 heterocycles. The number of thioether (sulfide) groups is 1. The van der Waals surface area contributed by atoms with Crippen LogP contribution >= 0.6 is 23.4 Å². The first-order chi connectivity index (χ1) is 13.0. The molecular formula is C20H17ClFNO3S. The molecular weight excluding hydrogens is 389 g/mol. The molecule has 0 saturated carbocycles. The van der Waals surface area contributed by atoms with Crippen LogP contribution in [-0.4, -0.2) is 23.8 Å². The Hall–Kier alpha value is -2.31. The van der Waals surface area contributed by atoms with Gasteiger partial charge in [-0.3, -0.25) is 4.79 Å². The molecule has 0 N–H and O–H groups in total. The maximum absolute atomic E-state index is 12.9. The molecule has 1 aromatic heterocycles. The van der Waals surface area contributed by atoms with Crippen LogP contribution in [0.1, 0.15) is 11.1 Å². The lowest BCUT2D eigenvalue weighted by molar-refractivity contribution is -0.141. The van der Waals surface area contributed by atoms with E-state index < -0.39 is 0 Å². The normalized spacial score (nSPS) is 10.8. The molecule has 7 heteroatoms. The molecule has 0 amide bonds. The second-order valence-corrected chi connectivity index (χ2v) is 7.12. The maximum Gasteiger partial charge on any atom is 0.316 e. The van der Waals surface area contributed by atoms with Crippen molar-refractivity contribution in [2.75, 3.05) is 12.9 Å². The van der Waals surface area contributed by atoms with E-state index in [1.807, 2.05) is 18.2 Å². The minimum Gasteiger partial charge on any atom is -0.497 e. The van der Waals surface area contributed by atoms with E-state index in [0.29, 0.717) is 27.7 Å². The highest BCUT2D eigenvalue weighted by Crippen LogP contribution is 2.25. The number of carbonyl (C=O) groups excluding carboxylic acids is 1. The Bertz CT molecular complexity index is 950. The first-order valence-corrected chi connectivity index (χ1v) is 9.69. The van der Waals surface area contributed by atoms with Gasteiger partial charge in [0.15, 0.2) is 0 Å². The van der Waals surface area contributed by atoms with Crippen molar-refractivity contribution in [1.29, 1.82) is 0 Å². The number of carbonyl (C=O) groups is 1. The van der Waals surface area contributed by atoms with Gasteiger partial charge in [-0.2, -0.15) is 0 Å². The summed E-state index contributed by atoms with van der Waals surface area (Å²) in [6.45, 7) is 0.0593. The summed E-state index contributed by atoms with van der Waals surface area (Å²) in [5.74, 6) is 0.891. The molecule has 0 bridgehead atoms. The van der Waals surface area contributed by atoms with E-state index in [0.717, 1.165) is 10.9 Å². The standard InChI is InChI=1S/C20H17ClFNO3S/c1-25-17-7-4-14-8-15(20(21)23-18(14)9-17)10-26-19(24)12-27-11-13-2-5-16(22)6-3-13/h2-9H,10-12H2,1H3. The molecule has 0 aliphatic carbocycles. The lowest BCUT2D eigenvalue weighted by Gasteiger charge is -2.09. The number of halogens is 2. The van der Waals surface area contributed by atoms with Crippen molar-refractivity contribution in [2.45, 2.75) is 12.4 Å². The van der Waals surface area contributed by atoms with Crippen molar-refractivity contribution in [2.24, 2.45) is 0 Å². The topological polar surface area (TPSA) is 48.4 Å². The van der Waals surface area contributed by atoms with E-state index in [1.54, 1.807) is 25.3 Å². The van der Waals surface area contributed by atoms with Gasteiger partial charge in [0.05, 0.1) is 18.4 Å². The van der Waals surface area contributed by atoms with Gasteiger partial charge in [-0.05, 0) is 35.9 Å². The van der Waals surface area contributed by atoms with Crippen LogP contribution in [0.2, 0.25) is 5.15 Å². The van der Waals surface area contributed by atoms with Gasteiger partial charge < -0.3 is 9.47 Å². The summed E-state index contributed by atoms with van der Waals surface area (Å²) in [4.78, 5) is 16.3. The molecule has 0 aliphatic heterocycles. The quantitative estimate of drug-likeness (QED) is 0.408. The third-order valence-corrected chi connectivity index (χ3v) is 5.15. The molecule has 0 spiro atoms. The molecule has 0 aliphatic rings. The van der Waals surface area contributed by atoms with Crippen molar-refractivity contribution < 1.29 is 18.7 Å². The third kappa shape index (κ3) is 5.34. The average molecular weight is 406 g/mol. The number of ether oxygens (including phenoxy) is 2. The highest BCUT2D eigenvalue weighted by Gasteiger charge is 2.10. The number of nitrogens with zero attached hydrogens (tertiary/aromatic N) is 1. The predicted octanol–water partition coefficient (Wildman–Crippen LogP) is 5.01. The molecule has 2 aromatic carbocycles. The average Bonchev–Trinajstić information content (AvgIpc) is 2.67. The molecule has 4 nitrogen and oxygen atoms in total. The van der Waals surface area contributed by atoms with Crippen LogP contribution < -0.4 is 4.74 Å². The summed E-state index contributed by atoms with van der Waals surface area (Å²) < 4.78 is 23.3. The van der Waals surface area contributed by atoms with Gasteiger partial charge in [0.1, 0.15) is 23.3 Å². The van der Waals surface area contributed by atoms with E-state index in [1.165, 1.54) is 23.9 Å². The number of rotatable bonds is 7. The zero-order valence-corrected chi connectivity index (χ0v) is 16.1. The summed E-state index contributed by atoms with van der Waals surface area (Å²) in [6.07, 6.45) is 0. The van der Waals surface area contributed by atoms with Crippen molar-refractivity contribution >= 4 is 40.2 Å². The van der Waals surface area contributed by atoms with Crippen LogP contribution in [0.3, 0.4) is 0 Å². The Kier molecular flexibility index (Phi) is 6.53. The molecule has 140 valence electrons. The fourth-order valence-corrected chi connectivity index (χ4v) is 3.41. The van der Waals surface area contributed by atoms with E-state index in [9.17, 15) is 9.18 Å². The lowest BCUT2D eigenvalue weighted by Crippen LogP contribution is -2.08. The Morgan fingerprint density at radius 3 is 2.70 bits per heavy atom. The number of aromatic nitrogens is 1. The van der Waals surface area contributed by atoms with Crippen molar-refractivity contribution in [3.8, 4) is 5.75 Å². The summed E-state index contributed by atoms with van der Waals surface area (Å²) in [5, 5.41) is 1.18. The Balaban J connectivity index is 1.53. The number of benzene rings is 2. The molecule has 0 fully saturated rings. The van der Waals surface area contributed by atoms with Gasteiger partial charge in [0, 0.05) is 22.8 Å². The van der Waals surface area contributed by atoms with Crippen LogP contribution in [0.4, 0.5) is 4.39 Å². The van der Waals surface area contributed by atoms with Gasteiger partial charge in [0.2, 0.25) is 0 Å². The van der Waals surface area contributed by atoms with Crippen LogP contribution in [0.25, 0.3) is 10.9 Å². The van der Waals surface area contributed by atoms with E-state index in [2.05, 4.69) is 4.98 Å². The first-order valence-electron chi connectivity index (χ1n) is 8.16. The maximum atomic E-state index is 12.9. The van der Waals surface area contributed by atoms with Crippen LogP contribution in [0.15, 0.2) is 48.5 Å². The monoisotopic (exact) mass is 405 g/mol. The summed E-state index contributed by atoms with van der Waals surface area (Å²) in [6, 6.07) is 13.6. The Morgan fingerprint density at radius 1 is 1.19 bits per heavy atom. The lowest BCUT2D eigenvalue weighted by atomic mass is 10.1. The Labute approximate surface area is 165 Å². The van der Waals surface area contributed by atoms with Crippen LogP contribution in [0, 0.1) is 5.82 Å². The highest BCUT2D eigenvalue weighted by molar-refractivity contribution is 7.99. The molecule has 0 radical (unpaired) electrons. The van der Waals surface area contributed by atoms with Gasteiger partial charge in [-0.15, -0.1) is 11.8 Å². The number of esters is 1. The number of hydrogen-bond donors (Lipinski definition) is 0. The number of methoxy groups -OCH3 is 1. The second-order valence-electron chi connectivity index (χ2n) is 5.78. The minimum absolute atomic E-state index is 0.0593. The Morgan fingerprint density at radius 2 is 1.96 bits per heavy atom. The van der Waals surface area contributed by atoms with Gasteiger partial charge in [-0.1, -0.05) is 23.7 Å². The van der Waals surface area contributed by atoms with Crippen LogP contribution in [0.5, 0.6) is 5.75 Å². The molecule has 27 heavy (non-hydrogen) atoms. The van der Waals surface area contributed by atoms with Crippen molar-refractivity contribution in [3.63, 3.8) is 0 Å². The van der Waals surface area contributed by atoms with E-state index in [4.69, 9.17) is 21.1 Å². The smallest absolute Gasteiger partial charge is 0.316 e. The predicted molar refractivity (Wildman–Crippen MR) is 106 cm³/mol. The molecule has 0 atom stereocenters. The van der Waals surface area contributed by atoms with Crippen molar-refractivity contribution in [1.82, 2.24) is 4.98 Å². The fraction of sp³-hybridized carbons (Fsp3) is 0.200. The third-order valence-electron chi connectivity index (χ3n) is 3.84. The molecule has 0 unspecified atom stereocenters. The fourth-order valence-electron chi connectivity index (χ4n) is 2.43. The number of hydrogen-bond acceptors (Lipinski definition) is 5. The van der Waals surface area contributed by atoms with Gasteiger partial charge in [-0.25, -0.2) is 9.37 Å². The zero-order chi connectivity index (χ0) is 19.2. The molecule has 3 aromatic rings. The number of pyridine rings is 1. The second kappa shape index (κ2) is 9.06. The van der Waals surface area contributed by atoms with Crippen LogP contribution in [-0.2, 0) is 21.9 Å². The largest absolute Gasteiger partial charge is 0.497 e. The van der Waals surface area contributed by atoms with E-state index >= 15 is 0 Å². The SMILES string of the molecule is COc1ccc2cc(COC(=O)CSCc3ccc(F)cc3)c(Cl)nc2c1.